The van der Waals surface area contributed by atoms with Crippen LogP contribution in [0.1, 0.15) is 54.4 Å². The number of nitrogens with one attached hydrogen (secondary N) is 1. The number of carbonyl (C=O) groups is 1. The standard InChI is InChI=1S/C18H23NO2/c20-18(14-6-8-17-13(11-14)9-10-21-17)16-7-5-12-3-1-2-4-15(12)19-16/h6,8,11-12,15-16,19H,1-5,7,9-10H2. The number of rotatable bonds is 2. The van der Waals surface area contributed by atoms with Gasteiger partial charge in [-0.3, -0.25) is 4.79 Å². The molecule has 3 heteroatoms. The molecule has 0 amide bonds. The molecule has 0 radical (unpaired) electrons. The molecule has 1 aromatic carbocycles. The van der Waals surface area contributed by atoms with Crippen LogP contribution in [0.4, 0.5) is 0 Å². The van der Waals surface area contributed by atoms with Crippen LogP contribution in [0, 0.1) is 5.92 Å². The van der Waals surface area contributed by atoms with E-state index in [0.717, 1.165) is 36.7 Å². The predicted octanol–water partition coefficient (Wildman–Crippen LogP) is 3.12. The quantitative estimate of drug-likeness (QED) is 0.849. The lowest BCUT2D eigenvalue weighted by molar-refractivity contribution is 0.0861. The van der Waals surface area contributed by atoms with Crippen molar-refractivity contribution < 1.29 is 9.53 Å². The monoisotopic (exact) mass is 285 g/mol. The van der Waals surface area contributed by atoms with Gasteiger partial charge in [-0.25, -0.2) is 0 Å². The number of ketones is 1. The first-order valence-electron chi connectivity index (χ1n) is 8.37. The number of ether oxygens (including phenoxy) is 1. The van der Waals surface area contributed by atoms with E-state index in [2.05, 4.69) is 5.32 Å². The molecule has 1 aliphatic carbocycles. The van der Waals surface area contributed by atoms with Crippen molar-refractivity contribution in [3.8, 4) is 5.75 Å². The van der Waals surface area contributed by atoms with Crippen molar-refractivity contribution in [1.29, 1.82) is 0 Å². The maximum Gasteiger partial charge on any atom is 0.179 e. The molecule has 3 atom stereocenters. The van der Waals surface area contributed by atoms with Gasteiger partial charge in [0.05, 0.1) is 12.6 Å². The summed E-state index contributed by atoms with van der Waals surface area (Å²) < 4.78 is 5.52. The highest BCUT2D eigenvalue weighted by Gasteiger charge is 2.34. The van der Waals surface area contributed by atoms with Crippen molar-refractivity contribution in [2.45, 2.75) is 57.0 Å². The van der Waals surface area contributed by atoms with E-state index in [4.69, 9.17) is 4.74 Å². The molecule has 1 N–H and O–H groups in total. The highest BCUT2D eigenvalue weighted by Crippen LogP contribution is 2.33. The highest BCUT2D eigenvalue weighted by atomic mass is 16.5. The van der Waals surface area contributed by atoms with Crippen molar-refractivity contribution in [2.24, 2.45) is 5.92 Å². The van der Waals surface area contributed by atoms with Crippen LogP contribution in [0.25, 0.3) is 0 Å². The van der Waals surface area contributed by atoms with Gasteiger partial charge in [0.2, 0.25) is 0 Å². The molecule has 0 bridgehead atoms. The van der Waals surface area contributed by atoms with E-state index in [1.165, 1.54) is 37.7 Å². The van der Waals surface area contributed by atoms with Gasteiger partial charge in [0.1, 0.15) is 5.75 Å². The average Bonchev–Trinajstić information content (AvgIpc) is 3.01. The molecular formula is C18H23NO2. The molecule has 3 nitrogen and oxygen atoms in total. The summed E-state index contributed by atoms with van der Waals surface area (Å²) in [5.41, 5.74) is 2.04. The van der Waals surface area contributed by atoms with Crippen molar-refractivity contribution in [3.05, 3.63) is 29.3 Å². The Morgan fingerprint density at radius 1 is 1.14 bits per heavy atom. The lowest BCUT2D eigenvalue weighted by atomic mass is 9.77. The zero-order valence-electron chi connectivity index (χ0n) is 12.4. The fourth-order valence-corrected chi connectivity index (χ4v) is 4.24. The minimum Gasteiger partial charge on any atom is -0.493 e. The smallest absolute Gasteiger partial charge is 0.179 e. The Balaban J connectivity index is 1.49. The second kappa shape index (κ2) is 5.45. The van der Waals surface area contributed by atoms with E-state index in [0.29, 0.717) is 6.04 Å². The van der Waals surface area contributed by atoms with E-state index in [1.54, 1.807) is 0 Å². The van der Waals surface area contributed by atoms with E-state index in [1.807, 2.05) is 18.2 Å². The van der Waals surface area contributed by atoms with E-state index in [9.17, 15) is 4.79 Å². The molecule has 1 aromatic rings. The number of benzene rings is 1. The molecule has 3 aliphatic rings. The van der Waals surface area contributed by atoms with Crippen LogP contribution in [0.5, 0.6) is 5.75 Å². The first-order valence-corrected chi connectivity index (χ1v) is 8.37. The minimum absolute atomic E-state index is 0.0183. The number of Topliss-reactive ketones (excluding diaryl/α,β-unsaturated/α-hetero) is 1. The SMILES string of the molecule is O=C(c1ccc2c(c1)CCO2)C1CCC2CCCCC2N1. The van der Waals surface area contributed by atoms with Gasteiger partial charge in [-0.05, 0) is 55.4 Å². The first-order chi connectivity index (χ1) is 10.3. The molecule has 1 saturated carbocycles. The van der Waals surface area contributed by atoms with Gasteiger partial charge in [0.25, 0.3) is 0 Å². The maximum absolute atomic E-state index is 12.8. The number of hydrogen-bond donors (Lipinski definition) is 1. The molecule has 1 saturated heterocycles. The predicted molar refractivity (Wildman–Crippen MR) is 81.9 cm³/mol. The molecule has 4 rings (SSSR count). The Bertz CT molecular complexity index is 554. The topological polar surface area (TPSA) is 38.3 Å². The summed E-state index contributed by atoms with van der Waals surface area (Å²) >= 11 is 0. The molecular weight excluding hydrogens is 262 g/mol. The van der Waals surface area contributed by atoms with Gasteiger partial charge >= 0.3 is 0 Å². The van der Waals surface area contributed by atoms with Gasteiger partial charge < -0.3 is 10.1 Å². The Labute approximate surface area is 126 Å². The Morgan fingerprint density at radius 2 is 2.05 bits per heavy atom. The summed E-state index contributed by atoms with van der Waals surface area (Å²) in [6.45, 7) is 0.748. The number of hydrogen-bond acceptors (Lipinski definition) is 3. The maximum atomic E-state index is 12.8. The third-order valence-corrected chi connectivity index (χ3v) is 5.44. The zero-order chi connectivity index (χ0) is 14.2. The van der Waals surface area contributed by atoms with Gasteiger partial charge in [0, 0.05) is 18.0 Å². The Hall–Kier alpha value is -1.35. The number of carbonyl (C=O) groups excluding carboxylic acids is 1. The Kier molecular flexibility index (Phi) is 3.46. The van der Waals surface area contributed by atoms with Crippen LogP contribution in [0.2, 0.25) is 0 Å². The summed E-state index contributed by atoms with van der Waals surface area (Å²) in [5.74, 6) is 2.03. The van der Waals surface area contributed by atoms with Crippen molar-refractivity contribution in [1.82, 2.24) is 5.32 Å². The van der Waals surface area contributed by atoms with Gasteiger partial charge in [-0.1, -0.05) is 12.8 Å². The van der Waals surface area contributed by atoms with Crippen LogP contribution in [-0.2, 0) is 6.42 Å². The van der Waals surface area contributed by atoms with E-state index < -0.39 is 0 Å². The van der Waals surface area contributed by atoms with Crippen LogP contribution in [0.3, 0.4) is 0 Å². The lowest BCUT2D eigenvalue weighted by Gasteiger charge is -2.40. The molecule has 112 valence electrons. The fraction of sp³-hybridized carbons (Fsp3) is 0.611. The summed E-state index contributed by atoms with van der Waals surface area (Å²) in [6.07, 6.45) is 8.40. The van der Waals surface area contributed by atoms with Crippen LogP contribution in [-0.4, -0.2) is 24.5 Å². The van der Waals surface area contributed by atoms with Crippen LogP contribution >= 0.6 is 0 Å². The average molecular weight is 285 g/mol. The van der Waals surface area contributed by atoms with Gasteiger partial charge in [0.15, 0.2) is 5.78 Å². The second-order valence-electron chi connectivity index (χ2n) is 6.73. The third-order valence-electron chi connectivity index (χ3n) is 5.44. The molecule has 21 heavy (non-hydrogen) atoms. The third kappa shape index (κ3) is 2.48. The molecule has 0 aromatic heterocycles. The summed E-state index contributed by atoms with van der Waals surface area (Å²) in [4.78, 5) is 12.8. The summed E-state index contributed by atoms with van der Waals surface area (Å²) in [6, 6.07) is 6.52. The van der Waals surface area contributed by atoms with E-state index >= 15 is 0 Å². The molecule has 0 spiro atoms. The van der Waals surface area contributed by atoms with Crippen LogP contribution < -0.4 is 10.1 Å². The minimum atomic E-state index is 0.0183. The van der Waals surface area contributed by atoms with Gasteiger partial charge in [-0.2, -0.15) is 0 Å². The highest BCUT2D eigenvalue weighted by molar-refractivity contribution is 6.00. The number of fused-ring (bicyclic) bond motifs is 2. The zero-order valence-corrected chi connectivity index (χ0v) is 12.4. The van der Waals surface area contributed by atoms with Crippen molar-refractivity contribution >= 4 is 5.78 Å². The molecule has 2 heterocycles. The normalized spacial score (nSPS) is 31.1. The molecule has 2 fully saturated rings. The largest absolute Gasteiger partial charge is 0.493 e. The van der Waals surface area contributed by atoms with E-state index in [-0.39, 0.29) is 11.8 Å². The lowest BCUT2D eigenvalue weighted by Crippen LogP contribution is -2.52. The number of piperidine rings is 1. The summed E-state index contributed by atoms with van der Waals surface area (Å²) in [5, 5.41) is 3.64. The molecule has 3 unspecified atom stereocenters. The van der Waals surface area contributed by atoms with Gasteiger partial charge in [-0.15, -0.1) is 0 Å². The fourth-order valence-electron chi connectivity index (χ4n) is 4.24. The second-order valence-corrected chi connectivity index (χ2v) is 6.73. The Morgan fingerprint density at radius 3 is 3.00 bits per heavy atom. The van der Waals surface area contributed by atoms with Crippen LogP contribution in [0.15, 0.2) is 18.2 Å². The van der Waals surface area contributed by atoms with Crippen molar-refractivity contribution in [3.63, 3.8) is 0 Å². The van der Waals surface area contributed by atoms with Crippen molar-refractivity contribution in [2.75, 3.05) is 6.61 Å². The first kappa shape index (κ1) is 13.3. The summed E-state index contributed by atoms with van der Waals surface area (Å²) in [7, 11) is 0. The molecule has 2 aliphatic heterocycles.